The monoisotopic (exact) mass is 359 g/mol. The topological polar surface area (TPSA) is 46.4 Å². The average Bonchev–Trinajstić information content (AvgIpc) is 3.27. The van der Waals surface area contributed by atoms with Gasteiger partial charge in [-0.3, -0.25) is 4.79 Å². The van der Waals surface area contributed by atoms with Crippen LogP contribution in [0.2, 0.25) is 0 Å². The molecule has 1 amide bonds. The number of hydrogen-bond donors (Lipinski definition) is 1. The van der Waals surface area contributed by atoms with Gasteiger partial charge in [0.15, 0.2) is 5.17 Å². The number of amides is 1. The first-order valence-corrected chi connectivity index (χ1v) is 9.09. The Morgan fingerprint density at radius 2 is 1.81 bits per heavy atom. The van der Waals surface area contributed by atoms with Gasteiger partial charge in [-0.15, -0.1) is 0 Å². The van der Waals surface area contributed by atoms with Crippen LogP contribution in [0.15, 0.2) is 83.0 Å². The number of aryl methyl sites for hydroxylation is 1. The van der Waals surface area contributed by atoms with Crippen molar-refractivity contribution in [1.82, 2.24) is 9.88 Å². The summed E-state index contributed by atoms with van der Waals surface area (Å²) in [4.78, 5) is 17.3. The van der Waals surface area contributed by atoms with E-state index in [1.54, 1.807) is 0 Å². The number of rotatable bonds is 3. The van der Waals surface area contributed by atoms with Crippen LogP contribution in [0.25, 0.3) is 11.8 Å². The van der Waals surface area contributed by atoms with Crippen LogP contribution < -0.4 is 5.32 Å². The van der Waals surface area contributed by atoms with E-state index in [1.165, 1.54) is 11.8 Å². The first-order chi connectivity index (χ1) is 12.7. The SMILES string of the molecule is Cc1cc(C=C2SC(=Nc3ccccc3)NC2=O)ccc1-n1cccc1. The molecule has 1 N–H and O–H groups in total. The van der Waals surface area contributed by atoms with Gasteiger partial charge in [-0.05, 0) is 72.3 Å². The Hall–Kier alpha value is -3.05. The lowest BCUT2D eigenvalue weighted by atomic mass is 10.1. The molecule has 1 aliphatic heterocycles. The minimum absolute atomic E-state index is 0.114. The average molecular weight is 359 g/mol. The quantitative estimate of drug-likeness (QED) is 0.690. The number of carbonyl (C=O) groups excluding carboxylic acids is 1. The Morgan fingerprint density at radius 1 is 1.04 bits per heavy atom. The molecule has 26 heavy (non-hydrogen) atoms. The molecule has 1 aromatic heterocycles. The van der Waals surface area contributed by atoms with Gasteiger partial charge in [0.25, 0.3) is 5.91 Å². The lowest BCUT2D eigenvalue weighted by Crippen LogP contribution is -2.19. The van der Waals surface area contributed by atoms with Crippen LogP contribution in [-0.4, -0.2) is 15.6 Å². The van der Waals surface area contributed by atoms with Crippen molar-refractivity contribution in [2.24, 2.45) is 4.99 Å². The highest BCUT2D eigenvalue weighted by atomic mass is 32.2. The second-order valence-corrected chi connectivity index (χ2v) is 6.98. The zero-order valence-electron chi connectivity index (χ0n) is 14.2. The van der Waals surface area contributed by atoms with Crippen LogP contribution in [0.1, 0.15) is 11.1 Å². The summed E-state index contributed by atoms with van der Waals surface area (Å²) in [6.45, 7) is 2.07. The molecule has 0 bridgehead atoms. The van der Waals surface area contributed by atoms with Crippen molar-refractivity contribution in [1.29, 1.82) is 0 Å². The summed E-state index contributed by atoms with van der Waals surface area (Å²) in [7, 11) is 0. The highest BCUT2D eigenvalue weighted by molar-refractivity contribution is 8.18. The largest absolute Gasteiger partial charge is 0.324 e. The van der Waals surface area contributed by atoms with E-state index >= 15 is 0 Å². The molecule has 0 atom stereocenters. The predicted octanol–water partition coefficient (Wildman–Crippen LogP) is 4.68. The molecule has 2 aromatic carbocycles. The van der Waals surface area contributed by atoms with Crippen molar-refractivity contribution < 1.29 is 4.79 Å². The molecule has 0 spiro atoms. The highest BCUT2D eigenvalue weighted by Gasteiger charge is 2.23. The van der Waals surface area contributed by atoms with Crippen LogP contribution in [0.3, 0.4) is 0 Å². The highest BCUT2D eigenvalue weighted by Crippen LogP contribution is 2.28. The Bertz CT molecular complexity index is 1010. The number of carbonyl (C=O) groups is 1. The third-order valence-corrected chi connectivity index (χ3v) is 4.95. The van der Waals surface area contributed by atoms with E-state index in [0.717, 1.165) is 22.5 Å². The van der Waals surface area contributed by atoms with Crippen molar-refractivity contribution in [3.05, 3.63) is 89.1 Å². The maximum Gasteiger partial charge on any atom is 0.264 e. The Kier molecular flexibility index (Phi) is 4.46. The molecule has 4 rings (SSSR count). The van der Waals surface area contributed by atoms with Crippen LogP contribution in [0.5, 0.6) is 0 Å². The summed E-state index contributed by atoms with van der Waals surface area (Å²) in [6, 6.07) is 19.8. The molecule has 3 aromatic rings. The van der Waals surface area contributed by atoms with Gasteiger partial charge in [0.1, 0.15) is 0 Å². The molecule has 1 aliphatic rings. The van der Waals surface area contributed by atoms with E-state index in [1.807, 2.05) is 67.0 Å². The zero-order valence-corrected chi connectivity index (χ0v) is 15.0. The van der Waals surface area contributed by atoms with Gasteiger partial charge in [-0.2, -0.15) is 0 Å². The third-order valence-electron chi connectivity index (χ3n) is 4.04. The maximum atomic E-state index is 12.2. The van der Waals surface area contributed by atoms with Crippen LogP contribution in [0, 0.1) is 6.92 Å². The predicted molar refractivity (Wildman–Crippen MR) is 108 cm³/mol. The molecule has 5 heteroatoms. The fourth-order valence-corrected chi connectivity index (χ4v) is 3.65. The van der Waals surface area contributed by atoms with Crippen LogP contribution >= 0.6 is 11.8 Å². The molecular formula is C21H17N3OS. The Morgan fingerprint density at radius 3 is 2.54 bits per heavy atom. The fraction of sp³-hybridized carbons (Fsp3) is 0.0476. The molecule has 1 fully saturated rings. The van der Waals surface area contributed by atoms with E-state index in [-0.39, 0.29) is 5.91 Å². The number of thioether (sulfide) groups is 1. The minimum Gasteiger partial charge on any atom is -0.324 e. The van der Waals surface area contributed by atoms with Crippen molar-refractivity contribution in [3.63, 3.8) is 0 Å². The lowest BCUT2D eigenvalue weighted by Gasteiger charge is -2.08. The van der Waals surface area contributed by atoms with Crippen molar-refractivity contribution in [3.8, 4) is 5.69 Å². The molecule has 4 nitrogen and oxygen atoms in total. The van der Waals surface area contributed by atoms with Gasteiger partial charge < -0.3 is 9.88 Å². The zero-order chi connectivity index (χ0) is 17.9. The molecule has 1 saturated heterocycles. The van der Waals surface area contributed by atoms with E-state index in [0.29, 0.717) is 10.1 Å². The number of amidine groups is 1. The molecule has 0 radical (unpaired) electrons. The normalized spacial score (nSPS) is 17.0. The van der Waals surface area contributed by atoms with Gasteiger partial charge in [0.2, 0.25) is 0 Å². The first kappa shape index (κ1) is 16.4. The second kappa shape index (κ2) is 7.06. The van der Waals surface area contributed by atoms with Crippen LogP contribution in [-0.2, 0) is 4.79 Å². The van der Waals surface area contributed by atoms with E-state index in [9.17, 15) is 4.79 Å². The number of nitrogens with zero attached hydrogens (tertiary/aromatic N) is 2. The van der Waals surface area contributed by atoms with E-state index in [2.05, 4.69) is 33.9 Å². The number of aromatic nitrogens is 1. The lowest BCUT2D eigenvalue weighted by molar-refractivity contribution is -0.115. The van der Waals surface area contributed by atoms with Gasteiger partial charge in [0, 0.05) is 18.1 Å². The summed E-state index contributed by atoms with van der Waals surface area (Å²) in [6.07, 6.45) is 5.94. The summed E-state index contributed by atoms with van der Waals surface area (Å²) in [5.74, 6) is -0.114. The van der Waals surface area contributed by atoms with Crippen molar-refractivity contribution in [2.75, 3.05) is 0 Å². The number of nitrogens with one attached hydrogen (secondary N) is 1. The first-order valence-electron chi connectivity index (χ1n) is 8.28. The van der Waals surface area contributed by atoms with E-state index < -0.39 is 0 Å². The molecule has 128 valence electrons. The fourth-order valence-electron chi connectivity index (χ4n) is 2.80. The Labute approximate surface area is 156 Å². The number of hydrogen-bond acceptors (Lipinski definition) is 3. The standard InChI is InChI=1S/C21H17N3OS/c1-15-13-16(9-10-18(15)24-11-5-6-12-24)14-19-20(25)23-21(26-19)22-17-7-3-2-4-8-17/h2-14H,1H3,(H,22,23,25). The number of para-hydroxylation sites is 1. The third kappa shape index (κ3) is 3.48. The molecule has 0 saturated carbocycles. The molecule has 0 unspecified atom stereocenters. The summed E-state index contributed by atoms with van der Waals surface area (Å²) >= 11 is 1.36. The number of benzene rings is 2. The van der Waals surface area contributed by atoms with Gasteiger partial charge in [0.05, 0.1) is 10.6 Å². The van der Waals surface area contributed by atoms with Crippen molar-refractivity contribution in [2.45, 2.75) is 6.92 Å². The Balaban J connectivity index is 1.58. The molecular weight excluding hydrogens is 342 g/mol. The van der Waals surface area contributed by atoms with Gasteiger partial charge >= 0.3 is 0 Å². The number of aliphatic imine (C=N–C) groups is 1. The maximum absolute atomic E-state index is 12.2. The summed E-state index contributed by atoms with van der Waals surface area (Å²) < 4.78 is 2.08. The molecule has 2 heterocycles. The molecule has 0 aliphatic carbocycles. The summed E-state index contributed by atoms with van der Waals surface area (Å²) in [5.41, 5.74) is 4.10. The van der Waals surface area contributed by atoms with Crippen molar-refractivity contribution >= 4 is 34.6 Å². The minimum atomic E-state index is -0.114. The second-order valence-electron chi connectivity index (χ2n) is 5.95. The van der Waals surface area contributed by atoms with E-state index in [4.69, 9.17) is 0 Å². The van der Waals surface area contributed by atoms with Gasteiger partial charge in [-0.1, -0.05) is 24.3 Å². The smallest absolute Gasteiger partial charge is 0.264 e. The summed E-state index contributed by atoms with van der Waals surface area (Å²) in [5, 5.41) is 3.43. The van der Waals surface area contributed by atoms with Crippen LogP contribution in [0.4, 0.5) is 5.69 Å². The van der Waals surface area contributed by atoms with Gasteiger partial charge in [-0.25, -0.2) is 4.99 Å².